The van der Waals surface area contributed by atoms with Crippen LogP contribution in [0.1, 0.15) is 21.5 Å². The molecule has 0 aliphatic heterocycles. The molecule has 0 heterocycles. The third-order valence-corrected chi connectivity index (χ3v) is 3.34. The van der Waals surface area contributed by atoms with Gasteiger partial charge in [-0.25, -0.2) is 4.79 Å². The summed E-state index contributed by atoms with van der Waals surface area (Å²) in [5.74, 6) is -0.113. The normalized spacial score (nSPS) is 10.0. The number of ether oxygens (including phenoxy) is 1. The van der Waals surface area contributed by atoms with Crippen molar-refractivity contribution in [1.82, 2.24) is 0 Å². The summed E-state index contributed by atoms with van der Waals surface area (Å²) < 4.78 is 5.43. The van der Waals surface area contributed by atoms with Gasteiger partial charge in [-0.2, -0.15) is 0 Å². The maximum absolute atomic E-state index is 11.1. The average molecular weight is 297 g/mol. The quantitative estimate of drug-likeness (QED) is 0.762. The Kier molecular flexibility index (Phi) is 5.20. The molecule has 0 aliphatic carbocycles. The van der Waals surface area contributed by atoms with E-state index in [-0.39, 0.29) is 0 Å². The lowest BCUT2D eigenvalue weighted by Gasteiger charge is -2.12. The van der Waals surface area contributed by atoms with E-state index in [1.165, 1.54) is 0 Å². The van der Waals surface area contributed by atoms with E-state index < -0.39 is 5.97 Å². The van der Waals surface area contributed by atoms with Crippen molar-refractivity contribution in [3.8, 4) is 5.75 Å². The summed E-state index contributed by atoms with van der Waals surface area (Å²) in [7, 11) is 0. The molecule has 2 N–H and O–H groups in total. The van der Waals surface area contributed by atoms with Crippen molar-refractivity contribution < 1.29 is 14.6 Å². The average Bonchev–Trinajstić information content (AvgIpc) is 2.52. The van der Waals surface area contributed by atoms with E-state index in [0.29, 0.717) is 18.7 Å². The zero-order chi connectivity index (χ0) is 15.9. The summed E-state index contributed by atoms with van der Waals surface area (Å²) in [6, 6.07) is 13.0. The van der Waals surface area contributed by atoms with Crippen molar-refractivity contribution >= 4 is 11.7 Å². The van der Waals surface area contributed by atoms with Crippen molar-refractivity contribution in [2.75, 3.05) is 11.9 Å². The summed E-state index contributed by atoms with van der Waals surface area (Å²) >= 11 is 0. The minimum atomic E-state index is -0.912. The van der Waals surface area contributed by atoms with Crippen molar-refractivity contribution in [1.29, 1.82) is 0 Å². The first-order valence-corrected chi connectivity index (χ1v) is 7.01. The second-order valence-electron chi connectivity index (χ2n) is 4.88. The summed E-state index contributed by atoms with van der Waals surface area (Å²) in [5.41, 5.74) is 2.97. The molecule has 114 valence electrons. The Morgan fingerprint density at radius 3 is 2.64 bits per heavy atom. The second-order valence-corrected chi connectivity index (χ2v) is 4.88. The third-order valence-electron chi connectivity index (χ3n) is 3.34. The molecule has 0 radical (unpaired) electrons. The SMILES string of the molecule is C=CCOc1ccc(CNc2cccc(C(=O)O)c2C)cc1. The molecule has 0 amide bonds. The smallest absolute Gasteiger partial charge is 0.336 e. The molecule has 22 heavy (non-hydrogen) atoms. The van der Waals surface area contributed by atoms with Gasteiger partial charge in [0.15, 0.2) is 0 Å². The van der Waals surface area contributed by atoms with Crippen molar-refractivity contribution in [2.45, 2.75) is 13.5 Å². The molecule has 0 aliphatic rings. The number of carboxylic acid groups (broad SMARTS) is 1. The van der Waals surface area contributed by atoms with Gasteiger partial charge < -0.3 is 15.2 Å². The highest BCUT2D eigenvalue weighted by Crippen LogP contribution is 2.20. The van der Waals surface area contributed by atoms with E-state index >= 15 is 0 Å². The predicted octanol–water partition coefficient (Wildman–Crippen LogP) is 3.87. The summed E-state index contributed by atoms with van der Waals surface area (Å²) in [5, 5.41) is 12.4. The van der Waals surface area contributed by atoms with Gasteiger partial charge in [0.1, 0.15) is 12.4 Å². The Balaban J connectivity index is 2.02. The van der Waals surface area contributed by atoms with Crippen molar-refractivity contribution in [3.05, 3.63) is 71.8 Å². The minimum absolute atomic E-state index is 0.318. The van der Waals surface area contributed by atoms with E-state index in [9.17, 15) is 4.79 Å². The number of benzene rings is 2. The molecule has 0 atom stereocenters. The van der Waals surface area contributed by atoms with Crippen LogP contribution in [-0.2, 0) is 6.54 Å². The Morgan fingerprint density at radius 1 is 1.27 bits per heavy atom. The molecule has 2 aromatic rings. The first-order chi connectivity index (χ1) is 10.6. The van der Waals surface area contributed by atoms with Gasteiger partial charge in [0.05, 0.1) is 5.56 Å². The predicted molar refractivity (Wildman–Crippen MR) is 87.6 cm³/mol. The minimum Gasteiger partial charge on any atom is -0.490 e. The largest absolute Gasteiger partial charge is 0.490 e. The van der Waals surface area contributed by atoms with E-state index in [2.05, 4.69) is 11.9 Å². The van der Waals surface area contributed by atoms with Crippen LogP contribution in [0.25, 0.3) is 0 Å². The number of hydrogen-bond donors (Lipinski definition) is 2. The van der Waals surface area contributed by atoms with Crippen LogP contribution in [0.5, 0.6) is 5.75 Å². The van der Waals surface area contributed by atoms with Gasteiger partial charge in [-0.05, 0) is 42.3 Å². The summed E-state index contributed by atoms with van der Waals surface area (Å²) in [6.45, 7) is 6.51. The zero-order valence-electron chi connectivity index (χ0n) is 12.5. The van der Waals surface area contributed by atoms with Crippen LogP contribution < -0.4 is 10.1 Å². The fourth-order valence-corrected chi connectivity index (χ4v) is 2.11. The van der Waals surface area contributed by atoms with Crippen LogP contribution in [0.4, 0.5) is 5.69 Å². The van der Waals surface area contributed by atoms with Crippen LogP contribution in [0.3, 0.4) is 0 Å². The molecule has 0 spiro atoms. The Hall–Kier alpha value is -2.75. The molecule has 2 rings (SSSR count). The van der Waals surface area contributed by atoms with E-state index in [1.807, 2.05) is 30.3 Å². The number of rotatable bonds is 7. The second kappa shape index (κ2) is 7.31. The fraction of sp³-hybridized carbons (Fsp3) is 0.167. The molecule has 0 saturated heterocycles. The van der Waals surface area contributed by atoms with Crippen molar-refractivity contribution in [3.63, 3.8) is 0 Å². The van der Waals surface area contributed by atoms with Crippen LogP contribution in [0, 0.1) is 6.92 Å². The Labute approximate surface area is 130 Å². The lowest BCUT2D eigenvalue weighted by atomic mass is 10.1. The van der Waals surface area contributed by atoms with Gasteiger partial charge in [0.2, 0.25) is 0 Å². The molecule has 0 fully saturated rings. The fourth-order valence-electron chi connectivity index (χ4n) is 2.11. The van der Waals surface area contributed by atoms with Crippen LogP contribution >= 0.6 is 0 Å². The van der Waals surface area contributed by atoms with Gasteiger partial charge in [-0.15, -0.1) is 0 Å². The maximum atomic E-state index is 11.1. The summed E-state index contributed by atoms with van der Waals surface area (Å²) in [6.07, 6.45) is 1.70. The molecule has 0 aromatic heterocycles. The number of nitrogens with one attached hydrogen (secondary N) is 1. The molecular formula is C18H19NO3. The molecule has 0 saturated carbocycles. The molecular weight excluding hydrogens is 278 g/mol. The molecule has 0 bridgehead atoms. The van der Waals surface area contributed by atoms with Gasteiger partial charge in [0.25, 0.3) is 0 Å². The zero-order valence-corrected chi connectivity index (χ0v) is 12.5. The monoisotopic (exact) mass is 297 g/mol. The van der Waals surface area contributed by atoms with Gasteiger partial charge in [-0.1, -0.05) is 30.9 Å². The maximum Gasteiger partial charge on any atom is 0.336 e. The Morgan fingerprint density at radius 2 is 2.00 bits per heavy atom. The van der Waals surface area contributed by atoms with E-state index in [1.54, 1.807) is 25.1 Å². The van der Waals surface area contributed by atoms with Gasteiger partial charge >= 0.3 is 5.97 Å². The van der Waals surface area contributed by atoms with E-state index in [4.69, 9.17) is 9.84 Å². The highest BCUT2D eigenvalue weighted by molar-refractivity contribution is 5.91. The third kappa shape index (κ3) is 3.88. The van der Waals surface area contributed by atoms with Crippen LogP contribution in [0.2, 0.25) is 0 Å². The first-order valence-electron chi connectivity index (χ1n) is 7.01. The topological polar surface area (TPSA) is 58.6 Å². The first kappa shape index (κ1) is 15.6. The lowest BCUT2D eigenvalue weighted by molar-refractivity contribution is 0.0696. The number of carbonyl (C=O) groups is 1. The number of hydrogen-bond acceptors (Lipinski definition) is 3. The van der Waals surface area contributed by atoms with Crippen LogP contribution in [-0.4, -0.2) is 17.7 Å². The highest BCUT2D eigenvalue weighted by Gasteiger charge is 2.09. The molecule has 4 nitrogen and oxygen atoms in total. The molecule has 4 heteroatoms. The lowest BCUT2D eigenvalue weighted by Crippen LogP contribution is -2.05. The number of anilines is 1. The highest BCUT2D eigenvalue weighted by atomic mass is 16.5. The number of carboxylic acids is 1. The van der Waals surface area contributed by atoms with E-state index in [0.717, 1.165) is 22.6 Å². The van der Waals surface area contributed by atoms with Gasteiger partial charge in [0, 0.05) is 12.2 Å². The Bertz CT molecular complexity index is 663. The molecule has 2 aromatic carbocycles. The van der Waals surface area contributed by atoms with Gasteiger partial charge in [-0.3, -0.25) is 0 Å². The standard InChI is InChI=1S/C18H19NO3/c1-3-11-22-15-9-7-14(8-10-15)12-19-17-6-4-5-16(13(17)2)18(20)21/h3-10,19H,1,11-12H2,2H3,(H,20,21). The van der Waals surface area contributed by atoms with Crippen LogP contribution in [0.15, 0.2) is 55.1 Å². The van der Waals surface area contributed by atoms with Crippen molar-refractivity contribution in [2.24, 2.45) is 0 Å². The number of aromatic carboxylic acids is 1. The molecule has 0 unspecified atom stereocenters. The summed E-state index contributed by atoms with van der Waals surface area (Å²) in [4.78, 5) is 11.1.